The van der Waals surface area contributed by atoms with Crippen LogP contribution in [0.3, 0.4) is 0 Å². The van der Waals surface area contributed by atoms with Gasteiger partial charge in [-0.1, -0.05) is 19.1 Å². The van der Waals surface area contributed by atoms with E-state index in [1.807, 2.05) is 31.2 Å². The first kappa shape index (κ1) is 14.8. The van der Waals surface area contributed by atoms with E-state index >= 15 is 0 Å². The van der Waals surface area contributed by atoms with Gasteiger partial charge in [0.2, 0.25) is 5.95 Å². The summed E-state index contributed by atoms with van der Waals surface area (Å²) in [5, 5.41) is 0. The molecule has 0 unspecified atom stereocenters. The van der Waals surface area contributed by atoms with Gasteiger partial charge in [-0.25, -0.2) is 9.97 Å². The SMILES string of the molecule is CCCOc1cccc(-c2nc(N)nc(C)c2C(N)=O)c1. The maximum atomic E-state index is 11.7. The highest BCUT2D eigenvalue weighted by Gasteiger charge is 2.17. The standard InChI is InChI=1S/C15H18N4O2/c1-3-7-21-11-6-4-5-10(8-11)13-12(14(16)20)9(2)18-15(17)19-13/h4-6,8H,3,7H2,1-2H3,(H2,16,20)(H2,17,18,19). The number of benzene rings is 1. The van der Waals surface area contributed by atoms with Crippen LogP contribution < -0.4 is 16.2 Å². The number of hydrogen-bond acceptors (Lipinski definition) is 5. The molecular formula is C15H18N4O2. The van der Waals surface area contributed by atoms with Crippen LogP contribution in [0.1, 0.15) is 29.4 Å². The van der Waals surface area contributed by atoms with Gasteiger partial charge in [-0.3, -0.25) is 4.79 Å². The first-order valence-corrected chi connectivity index (χ1v) is 6.70. The molecular weight excluding hydrogens is 268 g/mol. The molecule has 0 bridgehead atoms. The number of nitrogens with two attached hydrogens (primary N) is 2. The molecule has 4 N–H and O–H groups in total. The Bertz CT molecular complexity index is 671. The Morgan fingerprint density at radius 1 is 1.33 bits per heavy atom. The molecule has 1 heterocycles. The second-order valence-electron chi connectivity index (χ2n) is 4.63. The summed E-state index contributed by atoms with van der Waals surface area (Å²) in [5.74, 6) is 0.231. The van der Waals surface area contributed by atoms with Gasteiger partial charge in [-0.2, -0.15) is 0 Å². The van der Waals surface area contributed by atoms with E-state index in [1.54, 1.807) is 6.92 Å². The predicted molar refractivity (Wildman–Crippen MR) is 80.9 cm³/mol. The summed E-state index contributed by atoms with van der Waals surface area (Å²) < 4.78 is 5.59. The van der Waals surface area contributed by atoms with E-state index in [2.05, 4.69) is 9.97 Å². The van der Waals surface area contributed by atoms with Gasteiger partial charge >= 0.3 is 0 Å². The van der Waals surface area contributed by atoms with E-state index in [0.717, 1.165) is 12.0 Å². The molecule has 2 aromatic rings. The third-order valence-electron chi connectivity index (χ3n) is 2.93. The number of hydrogen-bond donors (Lipinski definition) is 2. The van der Waals surface area contributed by atoms with Gasteiger partial charge in [0.05, 0.1) is 23.6 Å². The summed E-state index contributed by atoms with van der Waals surface area (Å²) in [6.45, 7) is 4.33. The van der Waals surface area contributed by atoms with Crippen LogP contribution in [-0.2, 0) is 0 Å². The van der Waals surface area contributed by atoms with Crippen molar-refractivity contribution < 1.29 is 9.53 Å². The van der Waals surface area contributed by atoms with Crippen molar-refractivity contribution in [3.8, 4) is 17.0 Å². The molecule has 110 valence electrons. The molecule has 0 aliphatic rings. The zero-order valence-corrected chi connectivity index (χ0v) is 12.1. The average Bonchev–Trinajstić information content (AvgIpc) is 2.44. The molecule has 0 fully saturated rings. The Hall–Kier alpha value is -2.63. The highest BCUT2D eigenvalue weighted by molar-refractivity contribution is 6.00. The van der Waals surface area contributed by atoms with Crippen LogP contribution in [0.5, 0.6) is 5.75 Å². The fraction of sp³-hybridized carbons (Fsp3) is 0.267. The Balaban J connectivity index is 2.53. The molecule has 0 saturated heterocycles. The molecule has 1 aromatic heterocycles. The highest BCUT2D eigenvalue weighted by Crippen LogP contribution is 2.27. The molecule has 6 nitrogen and oxygen atoms in total. The minimum atomic E-state index is -0.581. The summed E-state index contributed by atoms with van der Waals surface area (Å²) in [5.41, 5.74) is 13.0. The van der Waals surface area contributed by atoms with Crippen LogP contribution in [0.2, 0.25) is 0 Å². The van der Waals surface area contributed by atoms with Gasteiger partial charge in [0.25, 0.3) is 5.91 Å². The van der Waals surface area contributed by atoms with Crippen molar-refractivity contribution in [3.05, 3.63) is 35.5 Å². The quantitative estimate of drug-likeness (QED) is 0.873. The van der Waals surface area contributed by atoms with E-state index < -0.39 is 5.91 Å². The molecule has 0 radical (unpaired) electrons. The summed E-state index contributed by atoms with van der Waals surface area (Å²) >= 11 is 0. The number of nitrogen functional groups attached to an aromatic ring is 1. The minimum absolute atomic E-state index is 0.104. The van der Waals surface area contributed by atoms with Crippen LogP contribution in [0, 0.1) is 6.92 Å². The fourth-order valence-corrected chi connectivity index (χ4v) is 2.05. The van der Waals surface area contributed by atoms with Gasteiger partial charge in [0.15, 0.2) is 0 Å². The van der Waals surface area contributed by atoms with E-state index in [4.69, 9.17) is 16.2 Å². The van der Waals surface area contributed by atoms with Crippen LogP contribution >= 0.6 is 0 Å². The first-order valence-electron chi connectivity index (χ1n) is 6.70. The summed E-state index contributed by atoms with van der Waals surface area (Å²) in [7, 11) is 0. The summed E-state index contributed by atoms with van der Waals surface area (Å²) in [6.07, 6.45) is 0.913. The fourth-order valence-electron chi connectivity index (χ4n) is 2.05. The van der Waals surface area contributed by atoms with Gasteiger partial charge < -0.3 is 16.2 Å². The topological polar surface area (TPSA) is 104 Å². The highest BCUT2D eigenvalue weighted by atomic mass is 16.5. The number of ether oxygens (including phenoxy) is 1. The molecule has 0 aliphatic carbocycles. The maximum absolute atomic E-state index is 11.7. The second kappa shape index (κ2) is 6.21. The third-order valence-corrected chi connectivity index (χ3v) is 2.93. The summed E-state index contributed by atoms with van der Waals surface area (Å²) in [6, 6.07) is 7.31. The number of carbonyl (C=O) groups is 1. The minimum Gasteiger partial charge on any atom is -0.494 e. The monoisotopic (exact) mass is 286 g/mol. The number of carbonyl (C=O) groups excluding carboxylic acids is 1. The third kappa shape index (κ3) is 3.28. The number of rotatable bonds is 5. The Labute approximate surface area is 123 Å². The summed E-state index contributed by atoms with van der Waals surface area (Å²) in [4.78, 5) is 19.8. The van der Waals surface area contributed by atoms with Gasteiger partial charge in [0.1, 0.15) is 5.75 Å². The average molecular weight is 286 g/mol. The molecule has 1 aromatic carbocycles. The second-order valence-corrected chi connectivity index (χ2v) is 4.63. The number of aromatic nitrogens is 2. The zero-order chi connectivity index (χ0) is 15.4. The Morgan fingerprint density at radius 3 is 2.76 bits per heavy atom. The molecule has 2 rings (SSSR count). The van der Waals surface area contributed by atoms with Crippen molar-refractivity contribution >= 4 is 11.9 Å². The van der Waals surface area contributed by atoms with E-state index in [1.165, 1.54) is 0 Å². The number of primary amides is 1. The van der Waals surface area contributed by atoms with Gasteiger partial charge in [-0.05, 0) is 25.5 Å². The molecule has 1 amide bonds. The predicted octanol–water partition coefficient (Wildman–Crippen LogP) is 1.92. The van der Waals surface area contributed by atoms with Crippen molar-refractivity contribution in [2.75, 3.05) is 12.3 Å². The molecule has 0 spiro atoms. The van der Waals surface area contributed by atoms with Crippen LogP contribution in [-0.4, -0.2) is 22.5 Å². The lowest BCUT2D eigenvalue weighted by molar-refractivity contribution is 0.0999. The van der Waals surface area contributed by atoms with Crippen molar-refractivity contribution in [1.29, 1.82) is 0 Å². The van der Waals surface area contributed by atoms with Crippen LogP contribution in [0.25, 0.3) is 11.3 Å². The van der Waals surface area contributed by atoms with Crippen molar-refractivity contribution in [2.45, 2.75) is 20.3 Å². The first-order chi connectivity index (χ1) is 10.0. The zero-order valence-electron chi connectivity index (χ0n) is 12.1. The number of aryl methyl sites for hydroxylation is 1. The number of nitrogens with zero attached hydrogens (tertiary/aromatic N) is 2. The van der Waals surface area contributed by atoms with E-state index in [0.29, 0.717) is 23.7 Å². The van der Waals surface area contributed by atoms with Crippen molar-refractivity contribution in [1.82, 2.24) is 9.97 Å². The van der Waals surface area contributed by atoms with Crippen LogP contribution in [0.4, 0.5) is 5.95 Å². The largest absolute Gasteiger partial charge is 0.494 e. The molecule has 6 heteroatoms. The smallest absolute Gasteiger partial charge is 0.252 e. The van der Waals surface area contributed by atoms with Gasteiger partial charge in [-0.15, -0.1) is 0 Å². The molecule has 0 aliphatic heterocycles. The normalized spacial score (nSPS) is 10.4. The van der Waals surface area contributed by atoms with E-state index in [-0.39, 0.29) is 11.5 Å². The van der Waals surface area contributed by atoms with Gasteiger partial charge in [0, 0.05) is 5.56 Å². The van der Waals surface area contributed by atoms with E-state index in [9.17, 15) is 4.79 Å². The van der Waals surface area contributed by atoms with Crippen LogP contribution in [0.15, 0.2) is 24.3 Å². The lowest BCUT2D eigenvalue weighted by Gasteiger charge is -2.11. The Kier molecular flexibility index (Phi) is 4.37. The number of anilines is 1. The Morgan fingerprint density at radius 2 is 2.10 bits per heavy atom. The lowest BCUT2D eigenvalue weighted by Crippen LogP contribution is -2.17. The molecule has 0 atom stereocenters. The number of amides is 1. The maximum Gasteiger partial charge on any atom is 0.252 e. The lowest BCUT2D eigenvalue weighted by atomic mass is 10.0. The van der Waals surface area contributed by atoms with Crippen molar-refractivity contribution in [2.24, 2.45) is 5.73 Å². The van der Waals surface area contributed by atoms with Crippen molar-refractivity contribution in [3.63, 3.8) is 0 Å². The molecule has 0 saturated carbocycles. The molecule has 21 heavy (non-hydrogen) atoms.